The van der Waals surface area contributed by atoms with Crippen molar-refractivity contribution in [3.63, 3.8) is 0 Å². The highest BCUT2D eigenvalue weighted by molar-refractivity contribution is 6.60. The minimum atomic E-state index is -0.548. The van der Waals surface area contributed by atoms with E-state index in [0.29, 0.717) is 16.9 Å². The molecule has 1 heterocycles. The Bertz CT molecular complexity index is 977. The summed E-state index contributed by atoms with van der Waals surface area (Å²) in [6, 6.07) is 13.9. The Morgan fingerprint density at radius 1 is 0.966 bits per heavy atom. The second-order valence-corrected chi connectivity index (χ2v) is 6.96. The number of anilines is 3. The van der Waals surface area contributed by atoms with Crippen LogP contribution in [0.15, 0.2) is 53.6 Å². The third-order valence-electron chi connectivity index (χ3n) is 4.76. The normalized spacial score (nSPS) is 13.9. The van der Waals surface area contributed by atoms with Gasteiger partial charge in [0.25, 0.3) is 11.8 Å². The summed E-state index contributed by atoms with van der Waals surface area (Å²) in [5.41, 5.74) is 2.76. The number of imide groups is 1. The van der Waals surface area contributed by atoms with Gasteiger partial charge in [-0.15, -0.1) is 0 Å². The molecule has 2 aromatic carbocycles. The van der Waals surface area contributed by atoms with Gasteiger partial charge in [0.05, 0.1) is 11.3 Å². The minimum absolute atomic E-state index is 0.116. The molecule has 0 saturated carbocycles. The molecule has 0 spiro atoms. The van der Waals surface area contributed by atoms with E-state index in [1.165, 1.54) is 6.92 Å². The molecule has 0 aliphatic carbocycles. The molecule has 0 saturated heterocycles. The minimum Gasteiger partial charge on any atom is -0.372 e. The van der Waals surface area contributed by atoms with Crippen LogP contribution in [0.25, 0.3) is 5.57 Å². The fourth-order valence-corrected chi connectivity index (χ4v) is 3.59. The highest BCUT2D eigenvalue weighted by atomic mass is 35.5. The molecule has 3 rings (SSSR count). The van der Waals surface area contributed by atoms with E-state index in [-0.39, 0.29) is 16.5 Å². The molecule has 0 unspecified atom stereocenters. The van der Waals surface area contributed by atoms with Crippen LogP contribution in [0.4, 0.5) is 17.1 Å². The smallest absolute Gasteiger partial charge is 0.277 e. The van der Waals surface area contributed by atoms with Gasteiger partial charge in [0, 0.05) is 31.4 Å². The Morgan fingerprint density at radius 3 is 2.07 bits per heavy atom. The molecule has 6 nitrogen and oxygen atoms in total. The van der Waals surface area contributed by atoms with Crippen LogP contribution in [0.3, 0.4) is 0 Å². The van der Waals surface area contributed by atoms with E-state index >= 15 is 0 Å². The number of benzene rings is 2. The van der Waals surface area contributed by atoms with E-state index in [1.54, 1.807) is 36.4 Å². The molecule has 0 fully saturated rings. The predicted molar refractivity (Wildman–Crippen MR) is 116 cm³/mol. The number of carbonyl (C=O) groups is 3. The first-order valence-corrected chi connectivity index (χ1v) is 9.76. The van der Waals surface area contributed by atoms with Crippen molar-refractivity contribution in [1.82, 2.24) is 0 Å². The molecule has 0 bridgehead atoms. The molecule has 1 aliphatic heterocycles. The number of nitrogens with zero attached hydrogens (tertiary/aromatic N) is 2. The first-order chi connectivity index (χ1) is 13.9. The van der Waals surface area contributed by atoms with Crippen molar-refractivity contribution in [2.75, 3.05) is 28.2 Å². The first kappa shape index (κ1) is 20.6. The lowest BCUT2D eigenvalue weighted by Gasteiger charge is -2.22. The Labute approximate surface area is 174 Å². The van der Waals surface area contributed by atoms with Gasteiger partial charge in [-0.1, -0.05) is 23.7 Å². The predicted octanol–water partition coefficient (Wildman–Crippen LogP) is 4.01. The molecule has 7 heteroatoms. The van der Waals surface area contributed by atoms with Crippen LogP contribution in [-0.4, -0.2) is 30.8 Å². The van der Waals surface area contributed by atoms with Gasteiger partial charge in [-0.2, -0.15) is 0 Å². The number of nitrogens with one attached hydrogen (secondary N) is 1. The van der Waals surface area contributed by atoms with Gasteiger partial charge in [-0.25, -0.2) is 4.90 Å². The number of hydrogen-bond acceptors (Lipinski definition) is 4. The lowest BCUT2D eigenvalue weighted by Crippen LogP contribution is -2.31. The standard InChI is InChI=1S/C22H22ClN3O3/c1-4-25(5-2)17-10-12-18(13-11-17)26-21(28)19(20(23)22(26)29)15-6-8-16(9-7-15)24-14(3)27/h6-13H,4-5H2,1-3H3,(H,24,27). The summed E-state index contributed by atoms with van der Waals surface area (Å²) in [6.07, 6.45) is 0. The molecule has 3 amide bonds. The summed E-state index contributed by atoms with van der Waals surface area (Å²) in [7, 11) is 0. The lowest BCUT2D eigenvalue weighted by atomic mass is 10.1. The average molecular weight is 412 g/mol. The zero-order chi connectivity index (χ0) is 21.1. The van der Waals surface area contributed by atoms with Crippen LogP contribution in [0.1, 0.15) is 26.3 Å². The second kappa shape index (κ2) is 8.49. The van der Waals surface area contributed by atoms with Crippen molar-refractivity contribution < 1.29 is 14.4 Å². The molecule has 29 heavy (non-hydrogen) atoms. The van der Waals surface area contributed by atoms with Crippen LogP contribution in [-0.2, 0) is 14.4 Å². The van der Waals surface area contributed by atoms with Gasteiger partial charge in [0.1, 0.15) is 5.03 Å². The van der Waals surface area contributed by atoms with Crippen LogP contribution >= 0.6 is 11.6 Å². The van der Waals surface area contributed by atoms with E-state index < -0.39 is 11.8 Å². The fraction of sp³-hybridized carbons (Fsp3) is 0.227. The summed E-state index contributed by atoms with van der Waals surface area (Å²) in [4.78, 5) is 40.1. The lowest BCUT2D eigenvalue weighted by molar-refractivity contribution is -0.120. The summed E-state index contributed by atoms with van der Waals surface area (Å²) >= 11 is 6.24. The molecule has 1 N–H and O–H groups in total. The summed E-state index contributed by atoms with van der Waals surface area (Å²) in [5.74, 6) is -1.21. The SMILES string of the molecule is CCN(CC)c1ccc(N2C(=O)C(Cl)=C(c3ccc(NC(C)=O)cc3)C2=O)cc1. The monoisotopic (exact) mass is 411 g/mol. The zero-order valence-electron chi connectivity index (χ0n) is 16.5. The maximum Gasteiger partial charge on any atom is 0.277 e. The van der Waals surface area contributed by atoms with Crippen LogP contribution < -0.4 is 15.1 Å². The van der Waals surface area contributed by atoms with Gasteiger partial charge in [-0.05, 0) is 55.8 Å². The van der Waals surface area contributed by atoms with Gasteiger partial charge in [-0.3, -0.25) is 14.4 Å². The highest BCUT2D eigenvalue weighted by Crippen LogP contribution is 2.35. The number of rotatable bonds is 6. The van der Waals surface area contributed by atoms with Crippen molar-refractivity contribution in [1.29, 1.82) is 0 Å². The van der Waals surface area contributed by atoms with Crippen molar-refractivity contribution in [3.05, 3.63) is 59.1 Å². The Kier molecular flexibility index (Phi) is 6.03. The maximum absolute atomic E-state index is 13.0. The summed E-state index contributed by atoms with van der Waals surface area (Å²) in [5, 5.41) is 2.54. The second-order valence-electron chi connectivity index (χ2n) is 6.58. The molecule has 150 valence electrons. The van der Waals surface area contributed by atoms with Crippen molar-refractivity contribution in [2.24, 2.45) is 0 Å². The van der Waals surface area contributed by atoms with Gasteiger partial charge >= 0.3 is 0 Å². The Morgan fingerprint density at radius 2 is 1.55 bits per heavy atom. The molecular weight excluding hydrogens is 390 g/mol. The summed E-state index contributed by atoms with van der Waals surface area (Å²) < 4.78 is 0. The molecule has 1 aliphatic rings. The summed E-state index contributed by atoms with van der Waals surface area (Å²) in [6.45, 7) is 7.28. The van der Waals surface area contributed by atoms with Gasteiger partial charge < -0.3 is 10.2 Å². The first-order valence-electron chi connectivity index (χ1n) is 9.39. The van der Waals surface area contributed by atoms with Crippen LogP contribution in [0.2, 0.25) is 0 Å². The van der Waals surface area contributed by atoms with Crippen molar-refractivity contribution in [3.8, 4) is 0 Å². The van der Waals surface area contributed by atoms with E-state index in [1.807, 2.05) is 12.1 Å². The number of halogens is 1. The molecule has 0 radical (unpaired) electrons. The van der Waals surface area contributed by atoms with E-state index in [9.17, 15) is 14.4 Å². The third-order valence-corrected chi connectivity index (χ3v) is 5.11. The van der Waals surface area contributed by atoms with Crippen molar-refractivity contribution in [2.45, 2.75) is 20.8 Å². The fourth-order valence-electron chi connectivity index (χ4n) is 3.31. The molecular formula is C22H22ClN3O3. The Hall–Kier alpha value is -3.12. The van der Waals surface area contributed by atoms with Crippen LogP contribution in [0.5, 0.6) is 0 Å². The van der Waals surface area contributed by atoms with E-state index in [0.717, 1.165) is 23.7 Å². The quantitative estimate of drug-likeness (QED) is 0.729. The number of carbonyl (C=O) groups excluding carboxylic acids is 3. The highest BCUT2D eigenvalue weighted by Gasteiger charge is 2.39. The van der Waals surface area contributed by atoms with E-state index in [2.05, 4.69) is 24.1 Å². The van der Waals surface area contributed by atoms with Crippen LogP contribution in [0, 0.1) is 0 Å². The largest absolute Gasteiger partial charge is 0.372 e. The van der Waals surface area contributed by atoms with Gasteiger partial charge in [0.15, 0.2) is 0 Å². The zero-order valence-corrected chi connectivity index (χ0v) is 17.3. The van der Waals surface area contributed by atoms with Gasteiger partial charge in [0.2, 0.25) is 5.91 Å². The topological polar surface area (TPSA) is 69.7 Å². The molecule has 2 aromatic rings. The third kappa shape index (κ3) is 4.03. The molecule has 0 aromatic heterocycles. The number of amides is 3. The molecule has 0 atom stereocenters. The average Bonchev–Trinajstić information content (AvgIpc) is 2.92. The number of hydrogen-bond donors (Lipinski definition) is 1. The van der Waals surface area contributed by atoms with E-state index in [4.69, 9.17) is 11.6 Å². The Balaban J connectivity index is 1.87. The van der Waals surface area contributed by atoms with Crippen molar-refractivity contribution >= 4 is 52.0 Å². The maximum atomic E-state index is 13.0.